The van der Waals surface area contributed by atoms with Crippen molar-refractivity contribution in [3.63, 3.8) is 0 Å². The molecular formula is C17H18N2O5S2. The molecule has 0 radical (unpaired) electrons. The Kier molecular flexibility index (Phi) is 7.61. The molecule has 0 aliphatic carbocycles. The zero-order valence-electron chi connectivity index (χ0n) is 14.1. The lowest BCUT2D eigenvalue weighted by Crippen LogP contribution is -2.38. The fourth-order valence-corrected chi connectivity index (χ4v) is 3.17. The highest BCUT2D eigenvalue weighted by Gasteiger charge is 2.25. The van der Waals surface area contributed by atoms with Crippen LogP contribution in [-0.4, -0.2) is 59.6 Å². The van der Waals surface area contributed by atoms with E-state index >= 15 is 0 Å². The summed E-state index contributed by atoms with van der Waals surface area (Å²) in [5, 5.41) is 2.58. The van der Waals surface area contributed by atoms with Gasteiger partial charge in [0.1, 0.15) is 10.1 Å². The van der Waals surface area contributed by atoms with Crippen molar-refractivity contribution in [3.8, 4) is 5.75 Å². The van der Waals surface area contributed by atoms with E-state index in [1.165, 1.54) is 22.7 Å². The van der Waals surface area contributed by atoms with Gasteiger partial charge in [-0.25, -0.2) is 4.79 Å². The zero-order chi connectivity index (χ0) is 18.9. The van der Waals surface area contributed by atoms with Gasteiger partial charge in [0.25, 0.3) is 5.91 Å². The van der Waals surface area contributed by atoms with Crippen molar-refractivity contribution < 1.29 is 23.9 Å². The van der Waals surface area contributed by atoms with Gasteiger partial charge in [-0.2, -0.15) is 0 Å². The van der Waals surface area contributed by atoms with Crippen LogP contribution in [0.2, 0.25) is 0 Å². The van der Waals surface area contributed by atoms with Crippen LogP contribution >= 0.6 is 24.0 Å². The fourth-order valence-electron chi connectivity index (χ4n) is 2.05. The molecule has 0 spiro atoms. The number of hydrogen-bond acceptors (Lipinski definition) is 7. The van der Waals surface area contributed by atoms with Crippen molar-refractivity contribution in [1.82, 2.24) is 10.2 Å². The van der Waals surface area contributed by atoms with Crippen LogP contribution in [0.1, 0.15) is 5.56 Å². The van der Waals surface area contributed by atoms with Crippen LogP contribution in [0.3, 0.4) is 0 Å². The molecule has 0 aromatic heterocycles. The average Bonchev–Trinajstić information content (AvgIpc) is 2.97. The first-order valence-electron chi connectivity index (χ1n) is 7.72. The van der Waals surface area contributed by atoms with Gasteiger partial charge < -0.3 is 14.8 Å². The Morgan fingerprint density at radius 3 is 2.92 bits per heavy atom. The van der Waals surface area contributed by atoms with Gasteiger partial charge in [0.15, 0.2) is 6.61 Å². The first-order valence-corrected chi connectivity index (χ1v) is 9.11. The molecule has 2 amide bonds. The van der Waals surface area contributed by atoms with E-state index in [2.05, 4.69) is 5.32 Å². The van der Waals surface area contributed by atoms with E-state index in [1.54, 1.807) is 37.5 Å². The molecule has 26 heavy (non-hydrogen) atoms. The normalized spacial score (nSPS) is 14.0. The largest absolute Gasteiger partial charge is 0.497 e. The number of carbonyl (C=O) groups excluding carboxylic acids is 3. The molecule has 0 atom stereocenters. The molecule has 1 aromatic rings. The van der Waals surface area contributed by atoms with Gasteiger partial charge >= 0.3 is 5.97 Å². The Labute approximate surface area is 160 Å². The predicted molar refractivity (Wildman–Crippen MR) is 103 cm³/mol. The average molecular weight is 394 g/mol. The third-order valence-electron chi connectivity index (χ3n) is 3.35. The molecular weight excluding hydrogens is 376 g/mol. The van der Waals surface area contributed by atoms with Crippen molar-refractivity contribution in [2.45, 2.75) is 0 Å². The van der Waals surface area contributed by atoms with E-state index in [1.807, 2.05) is 0 Å². The van der Waals surface area contributed by atoms with E-state index in [9.17, 15) is 14.4 Å². The SMILES string of the molecule is COc1cccc(/C=C/C(=O)OCC(=O)NCCN2C(=O)CSC2=S)c1. The van der Waals surface area contributed by atoms with Crippen molar-refractivity contribution >= 4 is 52.2 Å². The third-order valence-corrected chi connectivity index (χ3v) is 4.78. The number of benzene rings is 1. The number of ether oxygens (including phenoxy) is 2. The minimum atomic E-state index is -0.629. The third kappa shape index (κ3) is 6.16. The summed E-state index contributed by atoms with van der Waals surface area (Å²) in [6, 6.07) is 7.16. The van der Waals surface area contributed by atoms with E-state index in [0.717, 1.165) is 5.56 Å². The molecule has 1 fully saturated rings. The van der Waals surface area contributed by atoms with Crippen molar-refractivity contribution in [3.05, 3.63) is 35.9 Å². The maximum Gasteiger partial charge on any atom is 0.331 e. The first kappa shape index (κ1) is 19.9. The van der Waals surface area contributed by atoms with Crippen LogP contribution in [0.4, 0.5) is 0 Å². The second kappa shape index (κ2) is 9.93. The molecule has 0 saturated carbocycles. The Hall–Kier alpha value is -2.39. The van der Waals surface area contributed by atoms with Gasteiger partial charge in [-0.3, -0.25) is 14.5 Å². The number of nitrogens with zero attached hydrogens (tertiary/aromatic N) is 1. The van der Waals surface area contributed by atoms with E-state index in [0.29, 0.717) is 22.4 Å². The molecule has 9 heteroatoms. The van der Waals surface area contributed by atoms with Gasteiger partial charge in [0.2, 0.25) is 5.91 Å². The smallest absolute Gasteiger partial charge is 0.331 e. The number of nitrogens with one attached hydrogen (secondary N) is 1. The second-order valence-electron chi connectivity index (χ2n) is 5.17. The summed E-state index contributed by atoms with van der Waals surface area (Å²) < 4.78 is 10.5. The highest BCUT2D eigenvalue weighted by molar-refractivity contribution is 8.23. The highest BCUT2D eigenvalue weighted by Crippen LogP contribution is 2.18. The number of thioether (sulfide) groups is 1. The standard InChI is InChI=1S/C17H18N2O5S2/c1-23-13-4-2-3-12(9-13)5-6-16(22)24-10-14(20)18-7-8-19-15(21)11-26-17(19)25/h2-6,9H,7-8,10-11H2,1H3,(H,18,20)/b6-5+. The van der Waals surface area contributed by atoms with Gasteiger partial charge in [0, 0.05) is 19.2 Å². The Morgan fingerprint density at radius 2 is 2.23 bits per heavy atom. The van der Waals surface area contributed by atoms with Crippen molar-refractivity contribution in [1.29, 1.82) is 0 Å². The molecule has 1 aromatic carbocycles. The molecule has 1 aliphatic rings. The summed E-state index contributed by atoms with van der Waals surface area (Å²) in [4.78, 5) is 36.3. The number of thiocarbonyl (C=S) groups is 1. The van der Waals surface area contributed by atoms with Crippen molar-refractivity contribution in [2.75, 3.05) is 32.6 Å². The number of amides is 2. The van der Waals surface area contributed by atoms with Gasteiger partial charge in [0.05, 0.1) is 12.9 Å². The first-order chi connectivity index (χ1) is 12.5. The zero-order valence-corrected chi connectivity index (χ0v) is 15.7. The summed E-state index contributed by atoms with van der Waals surface area (Å²) in [5.41, 5.74) is 0.773. The molecule has 1 N–H and O–H groups in total. The topological polar surface area (TPSA) is 84.9 Å². The summed E-state index contributed by atoms with van der Waals surface area (Å²) in [6.07, 6.45) is 2.81. The summed E-state index contributed by atoms with van der Waals surface area (Å²) in [7, 11) is 1.56. The van der Waals surface area contributed by atoms with Crippen LogP contribution in [0.15, 0.2) is 30.3 Å². The minimum absolute atomic E-state index is 0.0663. The molecule has 0 unspecified atom stereocenters. The second-order valence-corrected chi connectivity index (χ2v) is 6.78. The Balaban J connectivity index is 1.68. The number of hydrogen-bond donors (Lipinski definition) is 1. The maximum atomic E-state index is 11.7. The van der Waals surface area contributed by atoms with Crippen LogP contribution in [0, 0.1) is 0 Å². The van der Waals surface area contributed by atoms with Crippen molar-refractivity contribution in [2.24, 2.45) is 0 Å². The Morgan fingerprint density at radius 1 is 1.42 bits per heavy atom. The lowest BCUT2D eigenvalue weighted by molar-refractivity contribution is -0.143. The molecule has 138 valence electrons. The quantitative estimate of drug-likeness (QED) is 0.403. The van der Waals surface area contributed by atoms with Gasteiger partial charge in [-0.05, 0) is 23.8 Å². The molecule has 0 bridgehead atoms. The molecule has 1 saturated heterocycles. The number of methoxy groups -OCH3 is 1. The summed E-state index contributed by atoms with van der Waals surface area (Å²) in [5.74, 6) is -0.129. The highest BCUT2D eigenvalue weighted by atomic mass is 32.2. The lowest BCUT2D eigenvalue weighted by atomic mass is 10.2. The van der Waals surface area contributed by atoms with Gasteiger partial charge in [-0.1, -0.05) is 36.1 Å². The number of carbonyl (C=O) groups is 3. The summed E-state index contributed by atoms with van der Waals surface area (Å²) >= 11 is 6.34. The molecule has 2 rings (SSSR count). The lowest BCUT2D eigenvalue weighted by Gasteiger charge is -2.14. The monoisotopic (exact) mass is 394 g/mol. The molecule has 7 nitrogen and oxygen atoms in total. The number of esters is 1. The summed E-state index contributed by atoms with van der Waals surface area (Å²) in [6.45, 7) is 0.150. The molecule has 1 heterocycles. The van der Waals surface area contributed by atoms with Crippen LogP contribution in [0.25, 0.3) is 6.08 Å². The molecule has 1 aliphatic heterocycles. The fraction of sp³-hybridized carbons (Fsp3) is 0.294. The van der Waals surface area contributed by atoms with Crippen LogP contribution < -0.4 is 10.1 Å². The maximum absolute atomic E-state index is 11.7. The van der Waals surface area contributed by atoms with Gasteiger partial charge in [-0.15, -0.1) is 0 Å². The predicted octanol–water partition coefficient (Wildman–Crippen LogP) is 1.23. The van der Waals surface area contributed by atoms with E-state index in [-0.39, 0.29) is 12.5 Å². The Bertz CT molecular complexity index is 720. The van der Waals surface area contributed by atoms with Crippen LogP contribution in [-0.2, 0) is 19.1 Å². The van der Waals surface area contributed by atoms with E-state index < -0.39 is 18.5 Å². The number of rotatable bonds is 8. The van der Waals surface area contributed by atoms with Crippen LogP contribution in [0.5, 0.6) is 5.75 Å². The minimum Gasteiger partial charge on any atom is -0.497 e. The van der Waals surface area contributed by atoms with E-state index in [4.69, 9.17) is 21.7 Å².